The van der Waals surface area contributed by atoms with Crippen molar-refractivity contribution in [3.05, 3.63) is 52.7 Å². The minimum absolute atomic E-state index is 0.0495. The number of ether oxygens (including phenoxy) is 1. The van der Waals surface area contributed by atoms with Crippen LogP contribution in [0, 0.1) is 0 Å². The quantitative estimate of drug-likeness (QED) is 0.242. The van der Waals surface area contributed by atoms with Crippen molar-refractivity contribution >= 4 is 46.2 Å². The lowest BCUT2D eigenvalue weighted by molar-refractivity contribution is -0.140. The lowest BCUT2D eigenvalue weighted by Crippen LogP contribution is -2.47. The summed E-state index contributed by atoms with van der Waals surface area (Å²) in [6, 6.07) is 7.62. The highest BCUT2D eigenvalue weighted by Gasteiger charge is 2.44. The standard InChI is InChI=1S/C22H23Cl2N5O6/c23-19-16-20(28-22(24)27-19)29(10-25-16)13-8-12(17(32)18(13)33)26-21(34)14(6-7-15(30)31)35-9-11-4-2-1-3-5-11/h1-5,10,12-14,17-18,32-33H,6-9H2,(H,26,34)(H,30,31)/t12-,13+,14+,17+,18-/m0/s1. The minimum Gasteiger partial charge on any atom is -0.481 e. The number of imidazole rings is 1. The Hall–Kier alpha value is -2.83. The first kappa shape index (κ1) is 25.3. The summed E-state index contributed by atoms with van der Waals surface area (Å²) >= 11 is 12.0. The summed E-state index contributed by atoms with van der Waals surface area (Å²) in [6.45, 7) is 0.110. The highest BCUT2D eigenvalue weighted by atomic mass is 35.5. The van der Waals surface area contributed by atoms with E-state index in [4.69, 9.17) is 33.0 Å². The molecule has 3 aromatic rings. The van der Waals surface area contributed by atoms with Crippen LogP contribution in [0.4, 0.5) is 0 Å². The molecule has 11 nitrogen and oxygen atoms in total. The zero-order chi connectivity index (χ0) is 25.1. The first-order valence-electron chi connectivity index (χ1n) is 10.8. The molecule has 5 atom stereocenters. The predicted octanol–water partition coefficient (Wildman–Crippen LogP) is 1.73. The van der Waals surface area contributed by atoms with E-state index in [0.717, 1.165) is 5.56 Å². The average Bonchev–Trinajstić information content (AvgIpc) is 3.36. The normalized spacial score (nSPS) is 22.9. The van der Waals surface area contributed by atoms with Crippen molar-refractivity contribution in [1.82, 2.24) is 24.8 Å². The number of carboxylic acid groups (broad SMARTS) is 1. The Morgan fingerprint density at radius 3 is 2.63 bits per heavy atom. The third-order valence-corrected chi connectivity index (χ3v) is 6.33. The summed E-state index contributed by atoms with van der Waals surface area (Å²) in [5, 5.41) is 33.1. The second-order valence-corrected chi connectivity index (χ2v) is 8.92. The molecule has 2 aromatic heterocycles. The lowest BCUT2D eigenvalue weighted by Gasteiger charge is -2.22. The number of aliphatic hydroxyl groups excluding tert-OH is 2. The number of fused-ring (bicyclic) bond motifs is 1. The highest BCUT2D eigenvalue weighted by molar-refractivity contribution is 6.35. The van der Waals surface area contributed by atoms with Crippen molar-refractivity contribution in [2.75, 3.05) is 0 Å². The molecule has 1 fully saturated rings. The van der Waals surface area contributed by atoms with E-state index in [-0.39, 0.29) is 47.5 Å². The first-order chi connectivity index (χ1) is 16.7. The van der Waals surface area contributed by atoms with Gasteiger partial charge in [0.25, 0.3) is 0 Å². The van der Waals surface area contributed by atoms with E-state index >= 15 is 0 Å². The van der Waals surface area contributed by atoms with Crippen molar-refractivity contribution in [1.29, 1.82) is 0 Å². The van der Waals surface area contributed by atoms with Gasteiger partial charge < -0.3 is 29.9 Å². The SMILES string of the molecule is O=C(O)CC[C@@H](OCc1ccccc1)C(=O)N[C@H]1C[C@@H](n2cnc3c(Cl)nc(Cl)nc32)[C@H](O)[C@@H]1O. The fraction of sp³-hybridized carbons (Fsp3) is 0.409. The van der Waals surface area contributed by atoms with Gasteiger partial charge in [-0.2, -0.15) is 4.98 Å². The van der Waals surface area contributed by atoms with Crippen LogP contribution in [0.25, 0.3) is 11.2 Å². The molecule has 186 valence electrons. The van der Waals surface area contributed by atoms with Gasteiger partial charge in [-0.05, 0) is 30.0 Å². The molecule has 4 rings (SSSR count). The average molecular weight is 524 g/mol. The molecule has 0 saturated heterocycles. The van der Waals surface area contributed by atoms with Crippen LogP contribution in [0.3, 0.4) is 0 Å². The molecule has 0 aliphatic heterocycles. The lowest BCUT2D eigenvalue weighted by atomic mass is 10.1. The maximum Gasteiger partial charge on any atom is 0.303 e. The third-order valence-electron chi connectivity index (χ3n) is 5.90. The maximum absolute atomic E-state index is 13.0. The molecule has 1 aliphatic carbocycles. The molecule has 0 bridgehead atoms. The van der Waals surface area contributed by atoms with Gasteiger partial charge >= 0.3 is 5.97 Å². The number of aromatic nitrogens is 4. The summed E-state index contributed by atoms with van der Waals surface area (Å²) in [5.41, 5.74) is 1.39. The molecule has 1 saturated carbocycles. The van der Waals surface area contributed by atoms with Crippen LogP contribution in [0.15, 0.2) is 36.7 Å². The van der Waals surface area contributed by atoms with Crippen LogP contribution in [-0.4, -0.2) is 71.1 Å². The number of halogens is 2. The number of benzene rings is 1. The van der Waals surface area contributed by atoms with E-state index in [9.17, 15) is 19.8 Å². The van der Waals surface area contributed by atoms with E-state index in [1.807, 2.05) is 30.3 Å². The maximum atomic E-state index is 13.0. The van der Waals surface area contributed by atoms with Gasteiger partial charge in [0, 0.05) is 6.42 Å². The Bertz CT molecular complexity index is 1210. The second kappa shape index (κ2) is 10.8. The van der Waals surface area contributed by atoms with Gasteiger partial charge in [0.05, 0.1) is 25.0 Å². The minimum atomic E-state index is -1.30. The van der Waals surface area contributed by atoms with Gasteiger partial charge in [-0.25, -0.2) is 9.97 Å². The van der Waals surface area contributed by atoms with Crippen LogP contribution in [0.5, 0.6) is 0 Å². The van der Waals surface area contributed by atoms with Crippen LogP contribution < -0.4 is 5.32 Å². The number of aliphatic hydroxyl groups is 2. The molecule has 35 heavy (non-hydrogen) atoms. The summed E-state index contributed by atoms with van der Waals surface area (Å²) in [5.74, 6) is -1.64. The van der Waals surface area contributed by atoms with Crippen LogP contribution in [-0.2, 0) is 20.9 Å². The third kappa shape index (κ3) is 5.71. The number of carboxylic acids is 1. The Morgan fingerprint density at radius 2 is 1.91 bits per heavy atom. The molecule has 13 heteroatoms. The zero-order valence-corrected chi connectivity index (χ0v) is 19.8. The van der Waals surface area contributed by atoms with Gasteiger partial charge in [-0.1, -0.05) is 41.9 Å². The number of hydrogen-bond acceptors (Lipinski definition) is 8. The van der Waals surface area contributed by atoms with Gasteiger partial charge in [-0.15, -0.1) is 0 Å². The Kier molecular flexibility index (Phi) is 7.82. The number of nitrogens with zero attached hydrogens (tertiary/aromatic N) is 4. The number of aliphatic carboxylic acids is 1. The van der Waals surface area contributed by atoms with Gasteiger partial charge in [0.2, 0.25) is 11.2 Å². The van der Waals surface area contributed by atoms with E-state index in [2.05, 4.69) is 20.3 Å². The smallest absolute Gasteiger partial charge is 0.303 e. The van der Waals surface area contributed by atoms with Crippen LogP contribution >= 0.6 is 23.2 Å². The van der Waals surface area contributed by atoms with Crippen molar-refractivity contribution in [3.63, 3.8) is 0 Å². The molecular weight excluding hydrogens is 501 g/mol. The molecule has 2 heterocycles. The van der Waals surface area contributed by atoms with Gasteiger partial charge in [0.1, 0.15) is 23.8 Å². The molecule has 1 aliphatic rings. The number of carbonyl (C=O) groups is 2. The summed E-state index contributed by atoms with van der Waals surface area (Å²) < 4.78 is 7.25. The van der Waals surface area contributed by atoms with Crippen LogP contribution in [0.1, 0.15) is 30.9 Å². The summed E-state index contributed by atoms with van der Waals surface area (Å²) in [7, 11) is 0. The number of hydrogen-bond donors (Lipinski definition) is 4. The number of nitrogens with one attached hydrogen (secondary N) is 1. The molecule has 0 radical (unpaired) electrons. The molecule has 0 spiro atoms. The zero-order valence-electron chi connectivity index (χ0n) is 18.3. The second-order valence-electron chi connectivity index (χ2n) is 8.22. The van der Waals surface area contributed by atoms with E-state index < -0.39 is 42.3 Å². The van der Waals surface area contributed by atoms with Crippen molar-refractivity contribution in [3.8, 4) is 0 Å². The molecule has 1 aromatic carbocycles. The number of amides is 1. The number of carbonyl (C=O) groups excluding carboxylic acids is 1. The Morgan fingerprint density at radius 1 is 1.17 bits per heavy atom. The monoisotopic (exact) mass is 523 g/mol. The fourth-order valence-corrected chi connectivity index (χ4v) is 4.54. The predicted molar refractivity (Wildman–Crippen MR) is 125 cm³/mol. The molecule has 1 amide bonds. The van der Waals surface area contributed by atoms with E-state index in [1.165, 1.54) is 10.9 Å². The van der Waals surface area contributed by atoms with Crippen molar-refractivity contribution < 1.29 is 29.6 Å². The summed E-state index contributed by atoms with van der Waals surface area (Å²) in [4.78, 5) is 36.2. The first-order valence-corrected chi connectivity index (χ1v) is 11.6. The largest absolute Gasteiger partial charge is 0.481 e. The van der Waals surface area contributed by atoms with Gasteiger partial charge in [-0.3, -0.25) is 9.59 Å². The van der Waals surface area contributed by atoms with E-state index in [0.29, 0.717) is 0 Å². The number of rotatable bonds is 9. The molecular formula is C22H23Cl2N5O6. The fourth-order valence-electron chi connectivity index (χ4n) is 4.12. The van der Waals surface area contributed by atoms with Gasteiger partial charge in [0.15, 0.2) is 10.8 Å². The summed E-state index contributed by atoms with van der Waals surface area (Å²) in [6.07, 6.45) is -2.39. The van der Waals surface area contributed by atoms with Crippen molar-refractivity contribution in [2.24, 2.45) is 0 Å². The highest BCUT2D eigenvalue weighted by Crippen LogP contribution is 2.34. The molecule has 0 unspecified atom stereocenters. The topological polar surface area (TPSA) is 160 Å². The molecule has 4 N–H and O–H groups in total. The Labute approximate surface area is 209 Å². The van der Waals surface area contributed by atoms with Crippen LogP contribution in [0.2, 0.25) is 10.4 Å². The van der Waals surface area contributed by atoms with Crippen molar-refractivity contribution in [2.45, 2.75) is 56.3 Å². The van der Waals surface area contributed by atoms with E-state index in [1.54, 1.807) is 0 Å². The Balaban J connectivity index is 1.48.